The predicted molar refractivity (Wildman–Crippen MR) is 106 cm³/mol. The summed E-state index contributed by atoms with van der Waals surface area (Å²) in [5.41, 5.74) is 2.48. The van der Waals surface area contributed by atoms with E-state index < -0.39 is 21.5 Å². The van der Waals surface area contributed by atoms with Crippen LogP contribution < -0.4 is 5.32 Å². The lowest BCUT2D eigenvalue weighted by molar-refractivity contribution is -0.113. The van der Waals surface area contributed by atoms with Crippen LogP contribution >= 0.6 is 0 Å². The summed E-state index contributed by atoms with van der Waals surface area (Å²) in [4.78, 5) is 12.2. The largest absolute Gasteiger partial charge is 0.376 e. The van der Waals surface area contributed by atoms with E-state index in [1.165, 1.54) is 12.8 Å². The summed E-state index contributed by atoms with van der Waals surface area (Å²) in [7, 11) is -3.62. The highest BCUT2D eigenvalue weighted by Crippen LogP contribution is 2.29. The van der Waals surface area contributed by atoms with Crippen molar-refractivity contribution in [1.29, 1.82) is 5.26 Å². The number of anilines is 1. The number of nitrogens with zero attached hydrogens (tertiary/aromatic N) is 1. The molecule has 3 rings (SSSR count). The zero-order chi connectivity index (χ0) is 20.0. The molecule has 0 aromatic heterocycles. The third kappa shape index (κ3) is 6.48. The molecule has 28 heavy (non-hydrogen) atoms. The average molecular weight is 398 g/mol. The van der Waals surface area contributed by atoms with Crippen LogP contribution in [0.3, 0.4) is 0 Å². The van der Waals surface area contributed by atoms with Gasteiger partial charge >= 0.3 is 0 Å². The lowest BCUT2D eigenvalue weighted by atomic mass is 10.2. The summed E-state index contributed by atoms with van der Waals surface area (Å²) in [5, 5.41) is 11.4. The maximum Gasteiger partial charge on any atom is 0.239 e. The molecule has 0 heterocycles. The summed E-state index contributed by atoms with van der Waals surface area (Å²) >= 11 is 0. The molecular formula is C21H22N2O4S. The summed E-state index contributed by atoms with van der Waals surface area (Å²) < 4.78 is 30.2. The van der Waals surface area contributed by atoms with Gasteiger partial charge in [-0.2, -0.15) is 5.26 Å². The number of hydrogen-bond donors (Lipinski definition) is 1. The number of carbonyl (C=O) groups is 1. The molecule has 146 valence electrons. The summed E-state index contributed by atoms with van der Waals surface area (Å²) in [6.07, 6.45) is 2.46. The average Bonchev–Trinajstić information content (AvgIpc) is 3.46. The van der Waals surface area contributed by atoms with Crippen LogP contribution in [0.4, 0.5) is 5.69 Å². The van der Waals surface area contributed by atoms with Gasteiger partial charge in [0.25, 0.3) is 0 Å². The number of benzene rings is 2. The maximum absolute atomic E-state index is 12.3. The van der Waals surface area contributed by atoms with Crippen LogP contribution in [0.15, 0.2) is 48.5 Å². The van der Waals surface area contributed by atoms with Crippen molar-refractivity contribution in [3.05, 3.63) is 65.2 Å². The minimum absolute atomic E-state index is 0.249. The van der Waals surface area contributed by atoms with Gasteiger partial charge in [0.15, 0.2) is 9.84 Å². The van der Waals surface area contributed by atoms with Crippen molar-refractivity contribution < 1.29 is 17.9 Å². The second-order valence-corrected chi connectivity index (χ2v) is 9.11. The van der Waals surface area contributed by atoms with Crippen molar-refractivity contribution in [3.63, 3.8) is 0 Å². The van der Waals surface area contributed by atoms with Gasteiger partial charge in [0, 0.05) is 12.3 Å². The van der Waals surface area contributed by atoms with Crippen LogP contribution in [0.2, 0.25) is 0 Å². The zero-order valence-electron chi connectivity index (χ0n) is 15.4. The summed E-state index contributed by atoms with van der Waals surface area (Å²) in [6, 6.07) is 15.5. The first-order valence-corrected chi connectivity index (χ1v) is 10.9. The number of rotatable bonds is 9. The SMILES string of the molecule is N#Cc1ccc(CS(=O)(=O)CC(=O)Nc2cccc(COCC3CC3)c2)cc1. The molecule has 1 N–H and O–H groups in total. The molecule has 1 saturated carbocycles. The van der Waals surface area contributed by atoms with Crippen molar-refractivity contribution in [2.24, 2.45) is 5.92 Å². The first kappa shape index (κ1) is 20.1. The van der Waals surface area contributed by atoms with E-state index in [-0.39, 0.29) is 5.75 Å². The number of amides is 1. The molecule has 2 aromatic carbocycles. The van der Waals surface area contributed by atoms with Gasteiger partial charge in [-0.25, -0.2) is 8.42 Å². The lowest BCUT2D eigenvalue weighted by Crippen LogP contribution is -2.24. The molecule has 6 nitrogen and oxygen atoms in total. The second kappa shape index (κ2) is 9.00. The van der Waals surface area contributed by atoms with Crippen LogP contribution in [-0.2, 0) is 31.7 Å². The Kier molecular flexibility index (Phi) is 6.45. The monoisotopic (exact) mass is 398 g/mol. The van der Waals surface area contributed by atoms with Gasteiger partial charge in [0.2, 0.25) is 5.91 Å². The fraction of sp³-hybridized carbons (Fsp3) is 0.333. The van der Waals surface area contributed by atoms with Crippen LogP contribution in [0.25, 0.3) is 0 Å². The topological polar surface area (TPSA) is 96.3 Å². The second-order valence-electron chi connectivity index (χ2n) is 7.05. The Labute approximate surface area is 165 Å². The van der Waals surface area contributed by atoms with E-state index in [4.69, 9.17) is 10.00 Å². The standard InChI is InChI=1S/C21H22N2O4S/c22-11-16-4-8-18(9-5-16)14-28(25,26)15-21(24)23-20-3-1-2-19(10-20)13-27-12-17-6-7-17/h1-5,8-10,17H,6-7,12-15H2,(H,23,24). The zero-order valence-corrected chi connectivity index (χ0v) is 16.2. The molecule has 2 aromatic rings. The van der Waals surface area contributed by atoms with Crippen molar-refractivity contribution in [2.45, 2.75) is 25.2 Å². The van der Waals surface area contributed by atoms with Gasteiger partial charge in [0.1, 0.15) is 5.75 Å². The fourth-order valence-corrected chi connectivity index (χ4v) is 4.02. The first-order chi connectivity index (χ1) is 13.4. The number of hydrogen-bond acceptors (Lipinski definition) is 5. The molecular weight excluding hydrogens is 376 g/mol. The number of carbonyl (C=O) groups excluding carboxylic acids is 1. The molecule has 1 amide bonds. The van der Waals surface area contributed by atoms with Crippen molar-refractivity contribution >= 4 is 21.4 Å². The fourth-order valence-electron chi connectivity index (χ4n) is 2.74. The molecule has 0 atom stereocenters. The van der Waals surface area contributed by atoms with Gasteiger partial charge < -0.3 is 10.1 Å². The molecule has 0 spiro atoms. The quantitative estimate of drug-likeness (QED) is 0.700. The molecule has 1 aliphatic carbocycles. The Morgan fingerprint density at radius 1 is 1.14 bits per heavy atom. The van der Waals surface area contributed by atoms with Gasteiger partial charge in [-0.15, -0.1) is 0 Å². The Hall–Kier alpha value is -2.69. The highest BCUT2D eigenvalue weighted by atomic mass is 32.2. The summed E-state index contributed by atoms with van der Waals surface area (Å²) in [5.74, 6) is -0.745. The molecule has 0 bridgehead atoms. The molecule has 1 fully saturated rings. The van der Waals surface area contributed by atoms with Crippen LogP contribution in [0.1, 0.15) is 29.5 Å². The van der Waals surface area contributed by atoms with Crippen molar-refractivity contribution in [1.82, 2.24) is 0 Å². The van der Waals surface area contributed by atoms with Crippen molar-refractivity contribution in [3.8, 4) is 6.07 Å². The Morgan fingerprint density at radius 2 is 1.89 bits per heavy atom. The minimum Gasteiger partial charge on any atom is -0.376 e. The van der Waals surface area contributed by atoms with E-state index in [1.807, 2.05) is 12.1 Å². The number of nitrogens with one attached hydrogen (secondary N) is 1. The molecule has 1 aliphatic rings. The molecule has 0 radical (unpaired) electrons. The number of nitriles is 1. The van der Waals surface area contributed by atoms with E-state index in [1.54, 1.807) is 42.5 Å². The van der Waals surface area contributed by atoms with Crippen LogP contribution in [0, 0.1) is 17.2 Å². The lowest BCUT2D eigenvalue weighted by Gasteiger charge is -2.09. The van der Waals surface area contributed by atoms with Gasteiger partial charge in [-0.1, -0.05) is 24.3 Å². The first-order valence-electron chi connectivity index (χ1n) is 9.09. The number of ether oxygens (including phenoxy) is 1. The van der Waals surface area contributed by atoms with Gasteiger partial charge in [0.05, 0.1) is 24.0 Å². The Morgan fingerprint density at radius 3 is 2.57 bits per heavy atom. The van der Waals surface area contributed by atoms with E-state index in [2.05, 4.69) is 5.32 Å². The van der Waals surface area contributed by atoms with Crippen LogP contribution in [0.5, 0.6) is 0 Å². The third-order valence-electron chi connectivity index (χ3n) is 4.35. The van der Waals surface area contributed by atoms with E-state index in [0.717, 1.165) is 12.2 Å². The molecule has 0 aliphatic heterocycles. The molecule has 0 unspecified atom stereocenters. The molecule has 7 heteroatoms. The normalized spacial score (nSPS) is 13.7. The van der Waals surface area contributed by atoms with E-state index >= 15 is 0 Å². The highest BCUT2D eigenvalue weighted by molar-refractivity contribution is 7.91. The van der Waals surface area contributed by atoms with E-state index in [9.17, 15) is 13.2 Å². The number of sulfone groups is 1. The van der Waals surface area contributed by atoms with Crippen molar-refractivity contribution in [2.75, 3.05) is 17.7 Å². The van der Waals surface area contributed by atoms with Gasteiger partial charge in [-0.3, -0.25) is 4.79 Å². The molecule has 0 saturated heterocycles. The predicted octanol–water partition coefficient (Wildman–Crippen LogP) is 3.04. The maximum atomic E-state index is 12.3. The highest BCUT2D eigenvalue weighted by Gasteiger charge is 2.21. The third-order valence-corrected chi connectivity index (χ3v) is 5.83. The summed E-state index contributed by atoms with van der Waals surface area (Å²) in [6.45, 7) is 1.22. The minimum atomic E-state index is -3.62. The Balaban J connectivity index is 1.52. The van der Waals surface area contributed by atoms with Gasteiger partial charge in [-0.05, 0) is 54.2 Å². The Bertz CT molecular complexity index is 974. The van der Waals surface area contributed by atoms with E-state index in [0.29, 0.717) is 29.3 Å². The smallest absolute Gasteiger partial charge is 0.239 e. The van der Waals surface area contributed by atoms with Crippen LogP contribution in [-0.4, -0.2) is 26.7 Å².